The minimum absolute atomic E-state index is 0.0332. The summed E-state index contributed by atoms with van der Waals surface area (Å²) < 4.78 is 10.1. The zero-order valence-corrected chi connectivity index (χ0v) is 10.4. The van der Waals surface area contributed by atoms with Crippen LogP contribution in [0.2, 0.25) is 0 Å². The molecule has 0 bridgehead atoms. The Morgan fingerprint density at radius 3 is 2.71 bits per heavy atom. The van der Waals surface area contributed by atoms with Crippen molar-refractivity contribution in [3.8, 4) is 0 Å². The average Bonchev–Trinajstić information content (AvgIpc) is 2.90. The lowest BCUT2D eigenvalue weighted by Crippen LogP contribution is -2.52. The van der Waals surface area contributed by atoms with Gasteiger partial charge in [0.2, 0.25) is 0 Å². The van der Waals surface area contributed by atoms with Gasteiger partial charge in [-0.05, 0) is 26.7 Å². The summed E-state index contributed by atoms with van der Waals surface area (Å²) in [6.45, 7) is 3.30. The molecule has 17 heavy (non-hydrogen) atoms. The quantitative estimate of drug-likeness (QED) is 0.574. The van der Waals surface area contributed by atoms with Crippen LogP contribution in [-0.2, 0) is 19.1 Å². The van der Waals surface area contributed by atoms with Crippen molar-refractivity contribution in [2.24, 2.45) is 5.92 Å². The van der Waals surface area contributed by atoms with Gasteiger partial charge in [-0.3, -0.25) is 9.59 Å². The number of methoxy groups -OCH3 is 1. The molecule has 4 atom stereocenters. The van der Waals surface area contributed by atoms with Crippen LogP contribution in [0.15, 0.2) is 0 Å². The number of carbonyl (C=O) groups excluding carboxylic acids is 2. The monoisotopic (exact) mass is 242 g/mol. The summed E-state index contributed by atoms with van der Waals surface area (Å²) in [5.41, 5.74) is -1.99. The van der Waals surface area contributed by atoms with Crippen LogP contribution in [0.4, 0.5) is 0 Å². The van der Waals surface area contributed by atoms with Crippen LogP contribution in [0, 0.1) is 5.92 Å². The summed E-state index contributed by atoms with van der Waals surface area (Å²) in [4.78, 5) is 22.8. The second kappa shape index (κ2) is 3.78. The SMILES string of the molecule is COC(=O)C[C@]1(O)C[C@@H](C(C)=O)CC2O[C@]21C. The molecule has 2 aliphatic rings. The molecule has 0 aromatic heterocycles. The summed E-state index contributed by atoms with van der Waals surface area (Å²) in [7, 11) is 1.28. The fraction of sp³-hybridized carbons (Fsp3) is 0.833. The Morgan fingerprint density at radius 2 is 2.18 bits per heavy atom. The Morgan fingerprint density at radius 1 is 1.53 bits per heavy atom. The average molecular weight is 242 g/mol. The molecule has 0 amide bonds. The Hall–Kier alpha value is -0.940. The molecule has 0 spiro atoms. The van der Waals surface area contributed by atoms with E-state index in [4.69, 9.17) is 4.74 Å². The molecular weight excluding hydrogens is 224 g/mol. The number of aliphatic hydroxyl groups is 1. The molecule has 1 N–H and O–H groups in total. The first kappa shape index (κ1) is 12.5. The number of hydrogen-bond donors (Lipinski definition) is 1. The normalized spacial score (nSPS) is 43.8. The van der Waals surface area contributed by atoms with Crippen molar-refractivity contribution in [3.05, 3.63) is 0 Å². The summed E-state index contributed by atoms with van der Waals surface area (Å²) in [6, 6.07) is 0. The van der Waals surface area contributed by atoms with E-state index in [-0.39, 0.29) is 30.6 Å². The zero-order valence-electron chi connectivity index (χ0n) is 10.4. The first-order chi connectivity index (χ1) is 7.82. The predicted octanol–water partition coefficient (Wildman–Crippen LogP) is 0.437. The highest BCUT2D eigenvalue weighted by atomic mass is 16.6. The van der Waals surface area contributed by atoms with Gasteiger partial charge in [0.1, 0.15) is 17.0 Å². The van der Waals surface area contributed by atoms with Gasteiger partial charge in [0.25, 0.3) is 0 Å². The first-order valence-electron chi connectivity index (χ1n) is 5.80. The Labute approximate surface area is 100 Å². The maximum atomic E-state index is 11.4. The number of ketones is 1. The van der Waals surface area contributed by atoms with E-state index in [1.165, 1.54) is 14.0 Å². The van der Waals surface area contributed by atoms with Crippen molar-refractivity contribution in [3.63, 3.8) is 0 Å². The molecule has 5 heteroatoms. The Bertz CT molecular complexity index is 366. The summed E-state index contributed by atoms with van der Waals surface area (Å²) >= 11 is 0. The molecule has 2 rings (SSSR count). The number of hydrogen-bond acceptors (Lipinski definition) is 5. The molecule has 1 unspecified atom stereocenters. The number of rotatable bonds is 3. The molecule has 0 aromatic carbocycles. The zero-order chi connectivity index (χ0) is 12.8. The number of fused-ring (bicyclic) bond motifs is 1. The Kier molecular flexibility index (Phi) is 2.78. The minimum Gasteiger partial charge on any atom is -0.469 e. The van der Waals surface area contributed by atoms with E-state index in [1.807, 2.05) is 0 Å². The minimum atomic E-state index is -1.29. The second-order valence-electron chi connectivity index (χ2n) is 5.25. The molecule has 1 saturated carbocycles. The van der Waals surface area contributed by atoms with Crippen molar-refractivity contribution >= 4 is 11.8 Å². The molecule has 0 radical (unpaired) electrons. The van der Waals surface area contributed by atoms with Crippen LogP contribution >= 0.6 is 0 Å². The fourth-order valence-electron chi connectivity index (χ4n) is 2.76. The maximum Gasteiger partial charge on any atom is 0.308 e. The lowest BCUT2D eigenvalue weighted by Gasteiger charge is -2.37. The van der Waals surface area contributed by atoms with Crippen LogP contribution in [0.5, 0.6) is 0 Å². The van der Waals surface area contributed by atoms with Crippen molar-refractivity contribution in [2.75, 3.05) is 7.11 Å². The van der Waals surface area contributed by atoms with Crippen molar-refractivity contribution in [2.45, 2.75) is 50.4 Å². The number of Topliss-reactive ketones (excluding diaryl/α,β-unsaturated/α-hetero) is 1. The number of esters is 1. The van der Waals surface area contributed by atoms with E-state index in [0.717, 1.165) is 0 Å². The van der Waals surface area contributed by atoms with Crippen molar-refractivity contribution in [1.29, 1.82) is 0 Å². The van der Waals surface area contributed by atoms with Crippen LogP contribution in [0.1, 0.15) is 33.1 Å². The molecule has 96 valence electrons. The molecule has 1 aliphatic carbocycles. The van der Waals surface area contributed by atoms with Gasteiger partial charge in [0, 0.05) is 5.92 Å². The topological polar surface area (TPSA) is 76.1 Å². The van der Waals surface area contributed by atoms with Gasteiger partial charge in [-0.2, -0.15) is 0 Å². The van der Waals surface area contributed by atoms with Crippen molar-refractivity contribution in [1.82, 2.24) is 0 Å². The standard InChI is InChI=1S/C12H18O5/c1-7(13)8-4-9-11(2,17-9)12(15,5-8)6-10(14)16-3/h8-9,15H,4-6H2,1-3H3/t8-,9?,11+,12+/m0/s1. The smallest absolute Gasteiger partial charge is 0.308 e. The predicted molar refractivity (Wildman–Crippen MR) is 58.3 cm³/mol. The molecular formula is C12H18O5. The van der Waals surface area contributed by atoms with Crippen LogP contribution in [0.25, 0.3) is 0 Å². The summed E-state index contributed by atoms with van der Waals surface area (Å²) in [5.74, 6) is -0.678. The molecule has 2 fully saturated rings. The van der Waals surface area contributed by atoms with E-state index >= 15 is 0 Å². The van der Waals surface area contributed by atoms with Crippen molar-refractivity contribution < 1.29 is 24.2 Å². The van der Waals surface area contributed by atoms with Gasteiger partial charge in [-0.25, -0.2) is 0 Å². The third-order valence-corrected chi connectivity index (χ3v) is 4.19. The molecule has 1 aliphatic heterocycles. The summed E-state index contributed by atoms with van der Waals surface area (Å²) in [6.07, 6.45) is 0.653. The lowest BCUT2D eigenvalue weighted by atomic mass is 9.69. The number of ether oxygens (including phenoxy) is 2. The second-order valence-corrected chi connectivity index (χ2v) is 5.25. The van der Waals surface area contributed by atoms with Gasteiger partial charge in [0.15, 0.2) is 0 Å². The van der Waals surface area contributed by atoms with Gasteiger partial charge >= 0.3 is 5.97 Å². The van der Waals surface area contributed by atoms with E-state index in [2.05, 4.69) is 4.74 Å². The first-order valence-corrected chi connectivity index (χ1v) is 5.80. The maximum absolute atomic E-state index is 11.4. The van der Waals surface area contributed by atoms with E-state index < -0.39 is 17.2 Å². The number of carbonyl (C=O) groups is 2. The third-order valence-electron chi connectivity index (χ3n) is 4.19. The molecule has 5 nitrogen and oxygen atoms in total. The van der Waals surface area contributed by atoms with Crippen LogP contribution < -0.4 is 0 Å². The highest BCUT2D eigenvalue weighted by Gasteiger charge is 2.69. The summed E-state index contributed by atoms with van der Waals surface area (Å²) in [5, 5.41) is 10.6. The third kappa shape index (κ3) is 1.87. The van der Waals surface area contributed by atoms with Crippen LogP contribution in [0.3, 0.4) is 0 Å². The Balaban J connectivity index is 2.18. The molecule has 0 aromatic rings. The molecule has 1 saturated heterocycles. The number of epoxide rings is 1. The van der Waals surface area contributed by atoms with E-state index in [9.17, 15) is 14.7 Å². The highest BCUT2D eigenvalue weighted by molar-refractivity contribution is 5.79. The largest absolute Gasteiger partial charge is 0.469 e. The van der Waals surface area contributed by atoms with Gasteiger partial charge in [0.05, 0.1) is 19.6 Å². The van der Waals surface area contributed by atoms with Crippen LogP contribution in [-0.4, -0.2) is 41.3 Å². The fourth-order valence-corrected chi connectivity index (χ4v) is 2.76. The van der Waals surface area contributed by atoms with E-state index in [0.29, 0.717) is 6.42 Å². The van der Waals surface area contributed by atoms with Gasteiger partial charge in [-0.15, -0.1) is 0 Å². The lowest BCUT2D eigenvalue weighted by molar-refractivity contribution is -0.152. The highest BCUT2D eigenvalue weighted by Crippen LogP contribution is 2.56. The van der Waals surface area contributed by atoms with Gasteiger partial charge in [-0.1, -0.05) is 0 Å². The van der Waals surface area contributed by atoms with E-state index in [1.54, 1.807) is 6.92 Å². The van der Waals surface area contributed by atoms with Gasteiger partial charge < -0.3 is 14.6 Å². The molecule has 1 heterocycles.